The maximum absolute atomic E-state index is 12.6. The van der Waals surface area contributed by atoms with Gasteiger partial charge in [-0.25, -0.2) is 8.42 Å². The van der Waals surface area contributed by atoms with E-state index in [4.69, 9.17) is 23.2 Å². The van der Waals surface area contributed by atoms with Gasteiger partial charge in [0.05, 0.1) is 4.34 Å². The number of carbonyl (C=O) groups excluding carboxylic acids is 1. The van der Waals surface area contributed by atoms with Crippen LogP contribution in [0.2, 0.25) is 8.67 Å². The molecule has 1 aliphatic heterocycles. The average molecular weight is 434 g/mol. The SMILES string of the molecule is CN1CCN(C(=O)c2cccc(NS(=O)(=O)c3cc(Cl)sc3Cl)c2)CC1. The predicted octanol–water partition coefficient (Wildman–Crippen LogP) is 3.24. The summed E-state index contributed by atoms with van der Waals surface area (Å²) >= 11 is 12.7. The van der Waals surface area contributed by atoms with Crippen LogP contribution in [0.4, 0.5) is 5.69 Å². The van der Waals surface area contributed by atoms with E-state index in [1.165, 1.54) is 12.1 Å². The molecule has 0 unspecified atom stereocenters. The van der Waals surface area contributed by atoms with Crippen LogP contribution in [0.15, 0.2) is 35.2 Å². The first-order chi connectivity index (χ1) is 12.3. The summed E-state index contributed by atoms with van der Waals surface area (Å²) in [6.07, 6.45) is 0. The molecule has 0 saturated carbocycles. The van der Waals surface area contributed by atoms with Crippen molar-refractivity contribution >= 4 is 56.2 Å². The van der Waals surface area contributed by atoms with Gasteiger partial charge in [-0.2, -0.15) is 0 Å². The Morgan fingerprint density at radius 2 is 1.85 bits per heavy atom. The lowest BCUT2D eigenvalue weighted by molar-refractivity contribution is 0.0664. The van der Waals surface area contributed by atoms with Gasteiger partial charge in [-0.3, -0.25) is 9.52 Å². The van der Waals surface area contributed by atoms with Crippen LogP contribution in [0.3, 0.4) is 0 Å². The molecule has 1 aliphatic rings. The number of hydrogen-bond donors (Lipinski definition) is 1. The van der Waals surface area contributed by atoms with Gasteiger partial charge in [0.25, 0.3) is 15.9 Å². The zero-order valence-electron chi connectivity index (χ0n) is 13.9. The van der Waals surface area contributed by atoms with Gasteiger partial charge in [0, 0.05) is 37.4 Å². The van der Waals surface area contributed by atoms with Crippen LogP contribution < -0.4 is 4.72 Å². The van der Waals surface area contributed by atoms with Crippen molar-refractivity contribution in [1.82, 2.24) is 9.80 Å². The van der Waals surface area contributed by atoms with Crippen LogP contribution in [-0.2, 0) is 10.0 Å². The Labute approximate surface area is 166 Å². The summed E-state index contributed by atoms with van der Waals surface area (Å²) in [6.45, 7) is 2.92. The summed E-state index contributed by atoms with van der Waals surface area (Å²) in [5.41, 5.74) is 0.729. The monoisotopic (exact) mass is 433 g/mol. The number of likely N-dealkylation sites (N-methyl/N-ethyl adjacent to an activating group) is 1. The van der Waals surface area contributed by atoms with Crippen LogP contribution in [0.1, 0.15) is 10.4 Å². The highest BCUT2D eigenvalue weighted by molar-refractivity contribution is 7.93. The highest BCUT2D eigenvalue weighted by Crippen LogP contribution is 2.35. The van der Waals surface area contributed by atoms with Crippen molar-refractivity contribution in [1.29, 1.82) is 0 Å². The number of benzene rings is 1. The van der Waals surface area contributed by atoms with Gasteiger partial charge in [0.1, 0.15) is 9.23 Å². The minimum absolute atomic E-state index is 0.0787. The van der Waals surface area contributed by atoms with E-state index in [9.17, 15) is 13.2 Å². The molecule has 2 heterocycles. The van der Waals surface area contributed by atoms with Crippen molar-refractivity contribution in [3.63, 3.8) is 0 Å². The number of hydrogen-bond acceptors (Lipinski definition) is 5. The first-order valence-electron chi connectivity index (χ1n) is 7.82. The molecule has 10 heteroatoms. The number of rotatable bonds is 4. The van der Waals surface area contributed by atoms with Crippen molar-refractivity contribution in [2.24, 2.45) is 0 Å². The minimum Gasteiger partial charge on any atom is -0.336 e. The predicted molar refractivity (Wildman–Crippen MR) is 105 cm³/mol. The van der Waals surface area contributed by atoms with Gasteiger partial charge in [-0.05, 0) is 31.3 Å². The van der Waals surface area contributed by atoms with Crippen LogP contribution in [-0.4, -0.2) is 57.4 Å². The van der Waals surface area contributed by atoms with E-state index >= 15 is 0 Å². The Balaban J connectivity index is 1.79. The molecule has 1 amide bonds. The molecule has 26 heavy (non-hydrogen) atoms. The molecule has 1 fully saturated rings. The molecule has 0 aliphatic carbocycles. The Bertz CT molecular complexity index is 923. The molecule has 140 valence electrons. The number of amides is 1. The molecule has 0 bridgehead atoms. The highest BCUT2D eigenvalue weighted by Gasteiger charge is 2.23. The molecule has 0 radical (unpaired) electrons. The zero-order valence-corrected chi connectivity index (χ0v) is 17.1. The van der Waals surface area contributed by atoms with Crippen molar-refractivity contribution < 1.29 is 13.2 Å². The number of halogens is 2. The van der Waals surface area contributed by atoms with Crippen molar-refractivity contribution in [3.8, 4) is 0 Å². The first kappa shape index (κ1) is 19.4. The lowest BCUT2D eigenvalue weighted by Gasteiger charge is -2.32. The van der Waals surface area contributed by atoms with Gasteiger partial charge >= 0.3 is 0 Å². The standard InChI is InChI=1S/C16H17Cl2N3O3S2/c1-20-5-7-21(8-6-20)16(22)11-3-2-4-12(9-11)19-26(23,24)13-10-14(17)25-15(13)18/h2-4,9-10,19H,5-8H2,1H3. The summed E-state index contributed by atoms with van der Waals surface area (Å²) in [4.78, 5) is 16.5. The van der Waals surface area contributed by atoms with Crippen LogP contribution in [0.5, 0.6) is 0 Å². The van der Waals surface area contributed by atoms with E-state index in [2.05, 4.69) is 9.62 Å². The second-order valence-corrected chi connectivity index (χ2v) is 9.91. The van der Waals surface area contributed by atoms with Gasteiger partial charge in [0.15, 0.2) is 0 Å². The molecule has 2 aromatic rings. The Hall–Kier alpha value is -1.32. The largest absolute Gasteiger partial charge is 0.336 e. The van der Waals surface area contributed by atoms with Crippen LogP contribution in [0.25, 0.3) is 0 Å². The van der Waals surface area contributed by atoms with Crippen molar-refractivity contribution in [3.05, 3.63) is 44.6 Å². The van der Waals surface area contributed by atoms with Gasteiger partial charge in [-0.15, -0.1) is 11.3 Å². The summed E-state index contributed by atoms with van der Waals surface area (Å²) in [5, 5.41) is 0. The molecular formula is C16H17Cl2N3O3S2. The summed E-state index contributed by atoms with van der Waals surface area (Å²) < 4.78 is 27.8. The summed E-state index contributed by atoms with van der Waals surface area (Å²) in [6, 6.07) is 7.73. The van der Waals surface area contributed by atoms with E-state index in [1.54, 1.807) is 23.1 Å². The maximum atomic E-state index is 12.6. The molecule has 1 saturated heterocycles. The normalized spacial score (nSPS) is 15.9. The Morgan fingerprint density at radius 1 is 1.15 bits per heavy atom. The smallest absolute Gasteiger partial charge is 0.264 e. The number of nitrogens with one attached hydrogen (secondary N) is 1. The lowest BCUT2D eigenvalue weighted by atomic mass is 10.1. The Morgan fingerprint density at radius 3 is 2.46 bits per heavy atom. The zero-order chi connectivity index (χ0) is 18.9. The highest BCUT2D eigenvalue weighted by atomic mass is 35.5. The molecule has 0 spiro atoms. The first-order valence-corrected chi connectivity index (χ1v) is 10.9. The summed E-state index contributed by atoms with van der Waals surface area (Å²) in [5.74, 6) is -0.115. The minimum atomic E-state index is -3.89. The molecular weight excluding hydrogens is 417 g/mol. The van der Waals surface area contributed by atoms with Gasteiger partial charge in [0.2, 0.25) is 0 Å². The number of anilines is 1. The maximum Gasteiger partial charge on any atom is 0.264 e. The molecule has 0 atom stereocenters. The summed E-state index contributed by atoms with van der Waals surface area (Å²) in [7, 11) is -1.87. The van der Waals surface area contributed by atoms with Crippen LogP contribution in [0, 0.1) is 0 Å². The van der Waals surface area contributed by atoms with Gasteiger partial charge in [-0.1, -0.05) is 29.3 Å². The number of piperazine rings is 1. The fourth-order valence-corrected chi connectivity index (χ4v) is 5.83. The molecule has 1 aromatic heterocycles. The van der Waals surface area contributed by atoms with E-state index < -0.39 is 10.0 Å². The Kier molecular flexibility index (Phi) is 5.78. The third-order valence-corrected chi connectivity index (χ3v) is 7.20. The number of carbonyl (C=O) groups is 1. The molecule has 3 rings (SSSR count). The average Bonchev–Trinajstić information content (AvgIpc) is 2.94. The van der Waals surface area contributed by atoms with Crippen molar-refractivity contribution in [2.75, 3.05) is 37.9 Å². The van der Waals surface area contributed by atoms with Crippen LogP contribution >= 0.6 is 34.5 Å². The quantitative estimate of drug-likeness (QED) is 0.802. The van der Waals surface area contributed by atoms with Crippen molar-refractivity contribution in [2.45, 2.75) is 4.90 Å². The molecule has 1 N–H and O–H groups in total. The van der Waals surface area contributed by atoms with Gasteiger partial charge < -0.3 is 9.80 Å². The number of thiophene rings is 1. The molecule has 1 aromatic carbocycles. The fraction of sp³-hybridized carbons (Fsp3) is 0.312. The number of sulfonamides is 1. The molecule has 6 nitrogen and oxygen atoms in total. The third kappa shape index (κ3) is 4.32. The number of nitrogens with zero attached hydrogens (tertiary/aromatic N) is 2. The van der Waals surface area contributed by atoms with E-state index in [1.807, 2.05) is 7.05 Å². The topological polar surface area (TPSA) is 69.7 Å². The second-order valence-electron chi connectivity index (χ2n) is 5.97. The lowest BCUT2D eigenvalue weighted by Crippen LogP contribution is -2.47. The van der Waals surface area contributed by atoms with E-state index in [0.29, 0.717) is 24.3 Å². The van der Waals surface area contributed by atoms with E-state index in [-0.39, 0.29) is 19.5 Å². The third-order valence-electron chi connectivity index (χ3n) is 4.07. The fourth-order valence-electron chi connectivity index (χ4n) is 2.63. The van der Waals surface area contributed by atoms with E-state index in [0.717, 1.165) is 24.4 Å². The second kappa shape index (κ2) is 7.74.